The molecule has 0 fully saturated rings. The van der Waals surface area contributed by atoms with Crippen LogP contribution in [0.5, 0.6) is 5.75 Å². The topological polar surface area (TPSA) is 39.4 Å². The van der Waals surface area contributed by atoms with E-state index >= 15 is 0 Å². The summed E-state index contributed by atoms with van der Waals surface area (Å²) in [6.45, 7) is 6.45. The molecule has 0 saturated carbocycles. The van der Waals surface area contributed by atoms with E-state index in [0.29, 0.717) is 11.3 Å². The van der Waals surface area contributed by atoms with Crippen molar-refractivity contribution in [2.45, 2.75) is 26.8 Å². The molecule has 0 atom stereocenters. The van der Waals surface area contributed by atoms with Gasteiger partial charge >= 0.3 is 0 Å². The van der Waals surface area contributed by atoms with Gasteiger partial charge in [0.1, 0.15) is 0 Å². The smallest absolute Gasteiger partial charge is 0.263 e. The van der Waals surface area contributed by atoms with E-state index in [1.54, 1.807) is 6.20 Å². The molecule has 0 N–H and O–H groups in total. The Hall–Kier alpha value is -3.95. The van der Waals surface area contributed by atoms with Crippen LogP contribution in [0.3, 0.4) is 0 Å². The molecule has 3 heterocycles. The Morgan fingerprint density at radius 2 is 1.80 bits per heavy atom. The fourth-order valence-corrected chi connectivity index (χ4v) is 6.51. The van der Waals surface area contributed by atoms with Crippen molar-refractivity contribution in [2.75, 3.05) is 0 Å². The van der Waals surface area contributed by atoms with E-state index < -0.39 is 27.8 Å². The van der Waals surface area contributed by atoms with Gasteiger partial charge in [0, 0.05) is 52.3 Å². The second-order valence-electron chi connectivity index (χ2n) is 9.30. The first kappa shape index (κ1) is 21.8. The second kappa shape index (κ2) is 12.1. The Labute approximate surface area is 257 Å². The van der Waals surface area contributed by atoms with Gasteiger partial charge in [0.25, 0.3) is 8.32 Å². The number of hydrogen-bond donors (Lipinski definition) is 0. The number of rotatable bonds is 2. The quantitative estimate of drug-likeness (QED) is 0.137. The molecule has 0 spiro atoms. The molecule has 6 rings (SSSR count). The molecule has 0 unspecified atom stereocenters. The van der Waals surface area contributed by atoms with E-state index in [2.05, 4.69) is 40.0 Å². The summed E-state index contributed by atoms with van der Waals surface area (Å²) in [4.78, 5) is 12.0. The maximum Gasteiger partial charge on any atom is 0.263 e. The zero-order chi connectivity index (χ0) is 32.6. The van der Waals surface area contributed by atoms with Crippen LogP contribution >= 0.6 is 0 Å². The van der Waals surface area contributed by atoms with E-state index in [0.717, 1.165) is 40.4 Å². The largest absolute Gasteiger partial charge is 0.583 e. The molecule has 1 aliphatic heterocycles. The molecule has 1 radical (unpaired) electrons. The molecule has 0 saturated heterocycles. The van der Waals surface area contributed by atoms with Crippen molar-refractivity contribution in [3.8, 4) is 39.4 Å². The van der Waals surface area contributed by atoms with Gasteiger partial charge in [-0.3, -0.25) is 4.39 Å². The molecule has 201 valence electrons. The standard InChI is InChI=1S/C20H15N2OSi.C13H11FN.Ir/c1-21-14-10-11-15-16-7-6-8-17(18-9-4-5-12-22-18)20(16)23-24(2,3)19(15)13-14;1-9-7-13(15-8-10(9)2)11-3-5-12(14)6-4-11;/h4-7,9-13H,2-3H3;3,5-8H,1-2H3;/q2*-1;/i;1D3,2D3;. The van der Waals surface area contributed by atoms with Crippen molar-refractivity contribution >= 4 is 19.2 Å². The zero-order valence-electron chi connectivity index (χ0n) is 27.5. The number of fused-ring (bicyclic) bond motifs is 3. The molecule has 0 bridgehead atoms. The Morgan fingerprint density at radius 1 is 0.950 bits per heavy atom. The predicted molar refractivity (Wildman–Crippen MR) is 156 cm³/mol. The normalized spacial score (nSPS) is 15.2. The molecule has 0 aliphatic carbocycles. The molecule has 0 amide bonds. The predicted octanol–water partition coefficient (Wildman–Crippen LogP) is 7.87. The number of aryl methyl sites for hydroxylation is 2. The van der Waals surface area contributed by atoms with Crippen LogP contribution in [-0.4, -0.2) is 18.3 Å². The monoisotopic (exact) mass is 726 g/mol. The van der Waals surface area contributed by atoms with E-state index in [1.807, 2.05) is 48.5 Å². The molecule has 5 aromatic rings. The molecular weight excluding hydrogens is 694 g/mol. The van der Waals surface area contributed by atoms with E-state index in [9.17, 15) is 4.39 Å². The summed E-state index contributed by atoms with van der Waals surface area (Å²) in [5, 5.41) is 1.17. The van der Waals surface area contributed by atoms with Crippen LogP contribution < -0.4 is 9.61 Å². The van der Waals surface area contributed by atoms with Gasteiger partial charge in [-0.2, -0.15) is 0 Å². The maximum atomic E-state index is 12.9. The Bertz CT molecular complexity index is 1910. The van der Waals surface area contributed by atoms with Crippen molar-refractivity contribution in [3.63, 3.8) is 0 Å². The SMILES string of the molecule is [2H]C([2H])([2H])c1cnc(-c2[c-]cc(F)cc2)cc1C([2H])([2H])[2H].[C-]#[N+]c1ccc2c(c1)[Si](C)(C)Oc1c(-c3ccccn3)[c-]ccc1-2.[Ir]. The molecule has 4 nitrogen and oxygen atoms in total. The van der Waals surface area contributed by atoms with Crippen LogP contribution in [0.4, 0.5) is 10.1 Å². The Morgan fingerprint density at radius 3 is 2.50 bits per heavy atom. The van der Waals surface area contributed by atoms with Crippen LogP contribution in [-0.2, 0) is 20.1 Å². The first-order chi connectivity index (χ1) is 21.2. The molecule has 7 heteroatoms. The van der Waals surface area contributed by atoms with Gasteiger partial charge in [-0.05, 0) is 60.6 Å². The van der Waals surface area contributed by atoms with Crippen LogP contribution in [0.1, 0.15) is 19.4 Å². The number of pyridine rings is 2. The fraction of sp³-hybridized carbons (Fsp3) is 0.121. The third-order valence-corrected chi connectivity index (χ3v) is 8.68. The Kier molecular flexibility index (Phi) is 6.58. The van der Waals surface area contributed by atoms with Crippen LogP contribution in [0.25, 0.3) is 38.5 Å². The molecule has 40 heavy (non-hydrogen) atoms. The summed E-state index contributed by atoms with van der Waals surface area (Å²) in [5.41, 5.74) is 4.65. The van der Waals surface area contributed by atoms with Crippen molar-refractivity contribution in [1.29, 1.82) is 0 Å². The van der Waals surface area contributed by atoms with Gasteiger partial charge in [0.2, 0.25) is 0 Å². The average Bonchev–Trinajstić information content (AvgIpc) is 3.00. The van der Waals surface area contributed by atoms with Gasteiger partial charge < -0.3 is 14.4 Å². The van der Waals surface area contributed by atoms with Crippen molar-refractivity contribution < 1.29 is 37.1 Å². The van der Waals surface area contributed by atoms with E-state index in [-0.39, 0.29) is 36.9 Å². The molecule has 3 aromatic carbocycles. The summed E-state index contributed by atoms with van der Waals surface area (Å²) in [5.74, 6) is 0.379. The molecule has 2 aromatic heterocycles. The van der Waals surface area contributed by atoms with Gasteiger partial charge in [-0.15, -0.1) is 48.0 Å². The summed E-state index contributed by atoms with van der Waals surface area (Å²) >= 11 is 0. The zero-order valence-corrected chi connectivity index (χ0v) is 24.9. The van der Waals surface area contributed by atoms with E-state index in [1.165, 1.54) is 23.4 Å². The fourth-order valence-electron chi connectivity index (χ4n) is 4.32. The van der Waals surface area contributed by atoms with Gasteiger partial charge in [-0.1, -0.05) is 53.1 Å². The van der Waals surface area contributed by atoms with Crippen LogP contribution in [0, 0.1) is 38.2 Å². The third-order valence-electron chi connectivity index (χ3n) is 6.25. The first-order valence-electron chi connectivity index (χ1n) is 15.0. The van der Waals surface area contributed by atoms with Gasteiger partial charge in [-0.25, -0.2) is 4.85 Å². The number of nitrogens with zero attached hydrogens (tertiary/aromatic N) is 3. The summed E-state index contributed by atoms with van der Waals surface area (Å²) < 4.78 is 63.9. The Balaban J connectivity index is 0.000000207. The minimum Gasteiger partial charge on any atom is -0.583 e. The number of aromatic nitrogens is 2. The minimum absolute atomic E-state index is 0. The molecule has 1 aliphatic rings. The summed E-state index contributed by atoms with van der Waals surface area (Å²) in [6.07, 6.45) is 2.81. The summed E-state index contributed by atoms with van der Waals surface area (Å²) in [7, 11) is -2.17. The average molecular weight is 726 g/mol. The second-order valence-corrected chi connectivity index (χ2v) is 13.1. The van der Waals surface area contributed by atoms with E-state index in [4.69, 9.17) is 19.2 Å². The van der Waals surface area contributed by atoms with Gasteiger partial charge in [0.15, 0.2) is 5.69 Å². The van der Waals surface area contributed by atoms with Crippen molar-refractivity contribution in [3.05, 3.63) is 126 Å². The van der Waals surface area contributed by atoms with Crippen LogP contribution in [0.15, 0.2) is 85.2 Å². The van der Waals surface area contributed by atoms with Crippen molar-refractivity contribution in [2.24, 2.45) is 0 Å². The number of benzene rings is 3. The third kappa shape index (κ3) is 5.95. The first-order valence-corrected chi connectivity index (χ1v) is 15.0. The van der Waals surface area contributed by atoms with Gasteiger partial charge in [0.05, 0.1) is 6.57 Å². The minimum atomic E-state index is -2.58. The van der Waals surface area contributed by atoms with Crippen LogP contribution in [0.2, 0.25) is 13.1 Å². The number of halogens is 1. The molecular formula is C33H26FIrN3OSi-2. The number of hydrogen-bond acceptors (Lipinski definition) is 3. The maximum absolute atomic E-state index is 12.9. The summed E-state index contributed by atoms with van der Waals surface area (Å²) in [6, 6.07) is 26.5. The van der Waals surface area contributed by atoms with Crippen molar-refractivity contribution in [1.82, 2.24) is 9.97 Å².